The van der Waals surface area contributed by atoms with E-state index in [1.165, 1.54) is 0 Å². The number of alkyl halides is 1. The molecule has 1 aromatic heterocycles. The van der Waals surface area contributed by atoms with Crippen LogP contribution >= 0.6 is 0 Å². The van der Waals surface area contributed by atoms with Crippen LogP contribution in [0.25, 0.3) is 10.9 Å². The second-order valence-corrected chi connectivity index (χ2v) is 3.12. The average molecular weight is 193 g/mol. The van der Waals surface area contributed by atoms with Crippen LogP contribution in [0.1, 0.15) is 6.42 Å². The number of hydrogen-bond donors (Lipinski definition) is 1. The molecule has 1 heterocycles. The highest BCUT2D eigenvalue weighted by Crippen LogP contribution is 2.19. The largest absolute Gasteiger partial charge is 0.493 e. The van der Waals surface area contributed by atoms with Crippen molar-refractivity contribution >= 4 is 10.9 Å². The Bertz CT molecular complexity index is 410. The van der Waals surface area contributed by atoms with Crippen molar-refractivity contribution in [2.24, 2.45) is 0 Å². The minimum Gasteiger partial charge on any atom is -0.493 e. The number of rotatable bonds is 4. The van der Waals surface area contributed by atoms with Crippen molar-refractivity contribution in [2.75, 3.05) is 13.3 Å². The molecule has 3 heteroatoms. The second-order valence-electron chi connectivity index (χ2n) is 3.12. The first kappa shape index (κ1) is 9.06. The number of hydrogen-bond acceptors (Lipinski definition) is 1. The standard InChI is InChI=1S/C11H12FNO/c12-5-1-7-14-10-2-3-11-9(8-10)4-6-13-11/h2-4,6,8,13H,1,5,7H2. The van der Waals surface area contributed by atoms with Gasteiger partial charge in [0.05, 0.1) is 13.3 Å². The summed E-state index contributed by atoms with van der Waals surface area (Å²) in [4.78, 5) is 3.10. The summed E-state index contributed by atoms with van der Waals surface area (Å²) in [6.45, 7) is 0.110. The number of aromatic nitrogens is 1. The molecule has 2 aromatic rings. The van der Waals surface area contributed by atoms with Crippen molar-refractivity contribution in [1.82, 2.24) is 4.98 Å². The third-order valence-electron chi connectivity index (χ3n) is 2.07. The maximum atomic E-state index is 11.8. The average Bonchev–Trinajstić information content (AvgIpc) is 2.65. The molecule has 74 valence electrons. The number of ether oxygens (including phenoxy) is 1. The minimum absolute atomic E-state index is 0.327. The van der Waals surface area contributed by atoms with Gasteiger partial charge in [-0.3, -0.25) is 4.39 Å². The molecule has 0 unspecified atom stereocenters. The van der Waals surface area contributed by atoms with Crippen LogP contribution in [0.2, 0.25) is 0 Å². The minimum atomic E-state index is -0.327. The van der Waals surface area contributed by atoms with Gasteiger partial charge in [0, 0.05) is 23.5 Å². The lowest BCUT2D eigenvalue weighted by Gasteiger charge is -2.04. The van der Waals surface area contributed by atoms with Gasteiger partial charge in [-0.05, 0) is 24.3 Å². The Morgan fingerprint density at radius 1 is 1.29 bits per heavy atom. The van der Waals surface area contributed by atoms with Crippen molar-refractivity contribution < 1.29 is 9.13 Å². The van der Waals surface area contributed by atoms with Gasteiger partial charge in [-0.1, -0.05) is 0 Å². The van der Waals surface area contributed by atoms with Crippen LogP contribution in [-0.2, 0) is 0 Å². The summed E-state index contributed by atoms with van der Waals surface area (Å²) in [5.41, 5.74) is 1.09. The SMILES string of the molecule is FCCCOc1ccc2[nH]ccc2c1. The lowest BCUT2D eigenvalue weighted by atomic mass is 10.2. The number of fused-ring (bicyclic) bond motifs is 1. The molecule has 0 fully saturated rings. The van der Waals surface area contributed by atoms with Crippen LogP contribution < -0.4 is 4.74 Å². The molecule has 0 saturated carbocycles. The summed E-state index contributed by atoms with van der Waals surface area (Å²) in [5.74, 6) is 0.797. The van der Waals surface area contributed by atoms with E-state index >= 15 is 0 Å². The molecule has 0 radical (unpaired) electrons. The molecule has 0 amide bonds. The molecule has 0 bridgehead atoms. The zero-order chi connectivity index (χ0) is 9.80. The van der Waals surface area contributed by atoms with E-state index in [-0.39, 0.29) is 6.67 Å². The van der Waals surface area contributed by atoms with Crippen LogP contribution in [-0.4, -0.2) is 18.3 Å². The zero-order valence-electron chi connectivity index (χ0n) is 7.79. The highest BCUT2D eigenvalue weighted by atomic mass is 19.1. The first-order valence-electron chi connectivity index (χ1n) is 4.66. The molecular weight excluding hydrogens is 181 g/mol. The Labute approximate surface area is 81.7 Å². The summed E-state index contributed by atoms with van der Waals surface area (Å²) < 4.78 is 17.2. The molecule has 1 N–H and O–H groups in total. The lowest BCUT2D eigenvalue weighted by molar-refractivity contribution is 0.290. The van der Waals surface area contributed by atoms with Crippen molar-refractivity contribution in [3.63, 3.8) is 0 Å². The first-order chi connectivity index (χ1) is 6.90. The van der Waals surface area contributed by atoms with E-state index in [4.69, 9.17) is 4.74 Å². The number of halogens is 1. The number of aromatic amines is 1. The van der Waals surface area contributed by atoms with Crippen molar-refractivity contribution in [3.05, 3.63) is 30.5 Å². The van der Waals surface area contributed by atoms with Crippen LogP contribution in [0, 0.1) is 0 Å². The van der Waals surface area contributed by atoms with Crippen molar-refractivity contribution in [3.8, 4) is 5.75 Å². The molecule has 0 aliphatic heterocycles. The fraction of sp³-hybridized carbons (Fsp3) is 0.273. The predicted octanol–water partition coefficient (Wildman–Crippen LogP) is 2.91. The maximum absolute atomic E-state index is 11.8. The van der Waals surface area contributed by atoms with Gasteiger partial charge in [-0.15, -0.1) is 0 Å². The summed E-state index contributed by atoms with van der Waals surface area (Å²) in [7, 11) is 0. The third kappa shape index (κ3) is 1.87. The molecular formula is C11H12FNO. The highest BCUT2D eigenvalue weighted by Gasteiger charge is 1.97. The number of nitrogens with one attached hydrogen (secondary N) is 1. The van der Waals surface area contributed by atoms with E-state index in [2.05, 4.69) is 4.98 Å². The Morgan fingerprint density at radius 2 is 2.21 bits per heavy atom. The smallest absolute Gasteiger partial charge is 0.120 e. The summed E-state index contributed by atoms with van der Waals surface area (Å²) in [6.07, 6.45) is 2.33. The Kier molecular flexibility index (Phi) is 2.68. The normalized spacial score (nSPS) is 10.6. The van der Waals surface area contributed by atoms with Crippen LogP contribution in [0.15, 0.2) is 30.5 Å². The van der Waals surface area contributed by atoms with Gasteiger partial charge in [0.2, 0.25) is 0 Å². The number of benzene rings is 1. The summed E-state index contributed by atoms with van der Waals surface area (Å²) in [5, 5.41) is 1.11. The van der Waals surface area contributed by atoms with E-state index in [0.29, 0.717) is 13.0 Å². The fourth-order valence-electron chi connectivity index (χ4n) is 1.37. The zero-order valence-corrected chi connectivity index (χ0v) is 7.79. The number of H-pyrrole nitrogens is 1. The molecule has 2 nitrogen and oxygen atoms in total. The van der Waals surface area contributed by atoms with Crippen LogP contribution in [0.5, 0.6) is 5.75 Å². The van der Waals surface area contributed by atoms with E-state index in [1.807, 2.05) is 30.5 Å². The molecule has 2 rings (SSSR count). The van der Waals surface area contributed by atoms with E-state index in [1.54, 1.807) is 0 Å². The van der Waals surface area contributed by atoms with Crippen molar-refractivity contribution in [1.29, 1.82) is 0 Å². The second kappa shape index (κ2) is 4.13. The lowest BCUT2D eigenvalue weighted by Crippen LogP contribution is -1.97. The Morgan fingerprint density at radius 3 is 3.07 bits per heavy atom. The Balaban J connectivity index is 2.10. The van der Waals surface area contributed by atoms with Gasteiger partial charge in [0.25, 0.3) is 0 Å². The summed E-state index contributed by atoms with van der Waals surface area (Å²) in [6, 6.07) is 7.78. The van der Waals surface area contributed by atoms with Crippen molar-refractivity contribution in [2.45, 2.75) is 6.42 Å². The van der Waals surface area contributed by atoms with Gasteiger partial charge < -0.3 is 9.72 Å². The Hall–Kier alpha value is -1.51. The van der Waals surface area contributed by atoms with Gasteiger partial charge >= 0.3 is 0 Å². The maximum Gasteiger partial charge on any atom is 0.120 e. The molecule has 0 saturated heterocycles. The molecule has 0 spiro atoms. The summed E-state index contributed by atoms with van der Waals surface area (Å²) >= 11 is 0. The third-order valence-corrected chi connectivity index (χ3v) is 2.07. The topological polar surface area (TPSA) is 25.0 Å². The predicted molar refractivity (Wildman–Crippen MR) is 54.4 cm³/mol. The molecule has 1 aromatic carbocycles. The molecule has 0 atom stereocenters. The van der Waals surface area contributed by atoms with Crippen LogP contribution in [0.4, 0.5) is 4.39 Å². The molecule has 0 aliphatic rings. The first-order valence-corrected chi connectivity index (χ1v) is 4.66. The highest BCUT2D eigenvalue weighted by molar-refractivity contribution is 5.80. The van der Waals surface area contributed by atoms with E-state index in [9.17, 15) is 4.39 Å². The van der Waals surface area contributed by atoms with Gasteiger partial charge in [-0.25, -0.2) is 0 Å². The van der Waals surface area contributed by atoms with Crippen LogP contribution in [0.3, 0.4) is 0 Å². The molecule has 14 heavy (non-hydrogen) atoms. The quantitative estimate of drug-likeness (QED) is 0.742. The molecule has 0 aliphatic carbocycles. The van der Waals surface area contributed by atoms with Gasteiger partial charge in [-0.2, -0.15) is 0 Å². The van der Waals surface area contributed by atoms with E-state index < -0.39 is 0 Å². The van der Waals surface area contributed by atoms with E-state index in [0.717, 1.165) is 16.7 Å². The monoisotopic (exact) mass is 193 g/mol. The fourth-order valence-corrected chi connectivity index (χ4v) is 1.37. The van der Waals surface area contributed by atoms with Gasteiger partial charge in [0.1, 0.15) is 5.75 Å². The van der Waals surface area contributed by atoms with Gasteiger partial charge in [0.15, 0.2) is 0 Å².